The van der Waals surface area contributed by atoms with Crippen LogP contribution >= 0.6 is 0 Å². The van der Waals surface area contributed by atoms with Gasteiger partial charge in [0.05, 0.1) is 12.0 Å². The summed E-state index contributed by atoms with van der Waals surface area (Å²) in [4.78, 5) is 40.7. The fourth-order valence-electron chi connectivity index (χ4n) is 4.30. The Labute approximate surface area is 181 Å². The average molecular weight is 424 g/mol. The number of hydrogen-bond donors (Lipinski definition) is 0. The van der Waals surface area contributed by atoms with Gasteiger partial charge >= 0.3 is 5.63 Å². The van der Waals surface area contributed by atoms with E-state index in [0.29, 0.717) is 44.0 Å². The Bertz CT molecular complexity index is 1050. The highest BCUT2D eigenvalue weighted by atomic mass is 16.5. The molecule has 2 fully saturated rings. The quantitative estimate of drug-likeness (QED) is 0.754. The van der Waals surface area contributed by atoms with Crippen LogP contribution in [0, 0.1) is 26.7 Å². The first kappa shape index (κ1) is 21.2. The van der Waals surface area contributed by atoms with Crippen molar-refractivity contribution in [3.8, 4) is 5.75 Å². The maximum absolute atomic E-state index is 13.1. The normalized spacial score (nSPS) is 19.7. The van der Waals surface area contributed by atoms with E-state index in [4.69, 9.17) is 9.15 Å². The number of likely N-dealkylation sites (tertiary alicyclic amines) is 1. The van der Waals surface area contributed by atoms with Crippen LogP contribution in [0.5, 0.6) is 5.75 Å². The second-order valence-electron chi connectivity index (χ2n) is 8.54. The molecule has 2 aliphatic heterocycles. The number of piperidine rings is 1. The van der Waals surface area contributed by atoms with Crippen LogP contribution in [0.1, 0.15) is 36.1 Å². The third kappa shape index (κ3) is 4.65. The molecular formula is C24H28N2O5. The van der Waals surface area contributed by atoms with E-state index in [0.717, 1.165) is 11.3 Å². The highest BCUT2D eigenvalue weighted by Crippen LogP contribution is 2.29. The van der Waals surface area contributed by atoms with E-state index in [2.05, 4.69) is 0 Å². The zero-order valence-corrected chi connectivity index (χ0v) is 18.2. The van der Waals surface area contributed by atoms with Crippen LogP contribution in [0.3, 0.4) is 0 Å². The minimum absolute atomic E-state index is 0.00176. The molecule has 3 heterocycles. The van der Waals surface area contributed by atoms with Crippen molar-refractivity contribution in [3.05, 3.63) is 57.6 Å². The van der Waals surface area contributed by atoms with Crippen LogP contribution in [-0.2, 0) is 9.59 Å². The molecule has 2 aromatic rings. The van der Waals surface area contributed by atoms with Crippen molar-refractivity contribution in [1.82, 2.24) is 4.90 Å². The molecule has 0 aliphatic carbocycles. The Balaban J connectivity index is 1.34. The summed E-state index contributed by atoms with van der Waals surface area (Å²) in [5.41, 5.74) is 2.74. The van der Waals surface area contributed by atoms with Crippen molar-refractivity contribution < 1.29 is 18.7 Å². The number of rotatable bonds is 4. The Hall–Kier alpha value is -3.09. The minimum Gasteiger partial charge on any atom is -0.490 e. The molecule has 2 amide bonds. The van der Waals surface area contributed by atoms with Gasteiger partial charge in [-0.05, 0) is 44.0 Å². The number of ether oxygens (including phenoxy) is 1. The van der Waals surface area contributed by atoms with Gasteiger partial charge in [0.1, 0.15) is 17.6 Å². The molecule has 7 heteroatoms. The summed E-state index contributed by atoms with van der Waals surface area (Å²) in [6, 6.07) is 9.01. The second-order valence-corrected chi connectivity index (χ2v) is 8.54. The van der Waals surface area contributed by atoms with Gasteiger partial charge in [0.2, 0.25) is 11.8 Å². The molecule has 2 saturated heterocycles. The predicted molar refractivity (Wildman–Crippen MR) is 116 cm³/mol. The van der Waals surface area contributed by atoms with Crippen LogP contribution in [0.4, 0.5) is 5.69 Å². The number of anilines is 1. The zero-order valence-electron chi connectivity index (χ0n) is 18.2. The van der Waals surface area contributed by atoms with Gasteiger partial charge in [-0.15, -0.1) is 0 Å². The minimum atomic E-state index is -0.429. The molecule has 7 nitrogen and oxygen atoms in total. The number of carbonyl (C=O) groups is 2. The largest absolute Gasteiger partial charge is 0.490 e. The second kappa shape index (κ2) is 8.57. The summed E-state index contributed by atoms with van der Waals surface area (Å²) in [6.07, 6.45) is 1.57. The first-order valence-corrected chi connectivity index (χ1v) is 10.7. The Morgan fingerprint density at radius 1 is 1.03 bits per heavy atom. The predicted octanol–water partition coefficient (Wildman–Crippen LogP) is 2.99. The summed E-state index contributed by atoms with van der Waals surface area (Å²) in [6.45, 7) is 7.36. The van der Waals surface area contributed by atoms with Crippen molar-refractivity contribution in [1.29, 1.82) is 0 Å². The van der Waals surface area contributed by atoms with Crippen molar-refractivity contribution in [2.24, 2.45) is 5.92 Å². The Morgan fingerprint density at radius 2 is 1.77 bits per heavy atom. The third-order valence-corrected chi connectivity index (χ3v) is 6.20. The number of benzene rings is 1. The topological polar surface area (TPSA) is 80.1 Å². The van der Waals surface area contributed by atoms with E-state index in [1.807, 2.05) is 36.9 Å². The van der Waals surface area contributed by atoms with Crippen molar-refractivity contribution in [2.45, 2.75) is 46.1 Å². The first-order chi connectivity index (χ1) is 14.8. The van der Waals surface area contributed by atoms with Crippen LogP contribution in [0.15, 0.2) is 39.5 Å². The van der Waals surface area contributed by atoms with Crippen molar-refractivity contribution >= 4 is 17.5 Å². The molecule has 1 aromatic carbocycles. The zero-order chi connectivity index (χ0) is 22.1. The first-order valence-electron chi connectivity index (χ1n) is 10.7. The summed E-state index contributed by atoms with van der Waals surface area (Å²) in [5.74, 6) is 0.735. The molecule has 0 bridgehead atoms. The van der Waals surface area contributed by atoms with Gasteiger partial charge < -0.3 is 19.0 Å². The van der Waals surface area contributed by atoms with Crippen LogP contribution in [0.2, 0.25) is 0 Å². The van der Waals surface area contributed by atoms with E-state index in [1.165, 1.54) is 11.6 Å². The third-order valence-electron chi connectivity index (χ3n) is 6.20. The molecule has 0 radical (unpaired) electrons. The van der Waals surface area contributed by atoms with Crippen LogP contribution in [-0.4, -0.2) is 42.5 Å². The molecule has 0 spiro atoms. The lowest BCUT2D eigenvalue weighted by molar-refractivity contribution is -0.137. The molecule has 31 heavy (non-hydrogen) atoms. The molecule has 0 saturated carbocycles. The lowest BCUT2D eigenvalue weighted by Gasteiger charge is -2.33. The van der Waals surface area contributed by atoms with Crippen LogP contribution < -0.4 is 15.3 Å². The summed E-state index contributed by atoms with van der Waals surface area (Å²) in [7, 11) is 0. The molecule has 4 rings (SSSR count). The lowest BCUT2D eigenvalue weighted by atomic mass is 10.0. The Kier molecular flexibility index (Phi) is 5.85. The maximum atomic E-state index is 13.1. The SMILES string of the molecule is Cc1cc(OC2CCN(C(=O)C3CC(=O)N(c4ccc(C)c(C)c4)C3)CC2)cc(=O)o1. The molecule has 164 valence electrons. The molecule has 1 unspecified atom stereocenters. The van der Waals surface area contributed by atoms with Crippen molar-refractivity contribution in [3.63, 3.8) is 0 Å². The molecule has 2 aliphatic rings. The highest BCUT2D eigenvalue weighted by Gasteiger charge is 2.38. The van der Waals surface area contributed by atoms with E-state index >= 15 is 0 Å². The lowest BCUT2D eigenvalue weighted by Crippen LogP contribution is -2.44. The smallest absolute Gasteiger partial charge is 0.339 e. The Morgan fingerprint density at radius 3 is 2.45 bits per heavy atom. The summed E-state index contributed by atoms with van der Waals surface area (Å²) < 4.78 is 10.9. The number of hydrogen-bond acceptors (Lipinski definition) is 5. The monoisotopic (exact) mass is 424 g/mol. The molecule has 1 atom stereocenters. The number of carbonyl (C=O) groups excluding carboxylic acids is 2. The maximum Gasteiger partial charge on any atom is 0.339 e. The van der Waals surface area contributed by atoms with Gasteiger partial charge in [0, 0.05) is 50.7 Å². The van der Waals surface area contributed by atoms with Gasteiger partial charge in [-0.25, -0.2) is 4.79 Å². The van der Waals surface area contributed by atoms with Gasteiger partial charge in [-0.2, -0.15) is 0 Å². The average Bonchev–Trinajstić information content (AvgIpc) is 3.11. The van der Waals surface area contributed by atoms with Gasteiger partial charge in [0.15, 0.2) is 0 Å². The summed E-state index contributed by atoms with van der Waals surface area (Å²) >= 11 is 0. The van der Waals surface area contributed by atoms with E-state index in [-0.39, 0.29) is 30.3 Å². The molecule has 0 N–H and O–H groups in total. The number of aryl methyl sites for hydroxylation is 3. The fourth-order valence-corrected chi connectivity index (χ4v) is 4.30. The van der Waals surface area contributed by atoms with E-state index < -0.39 is 5.63 Å². The molecular weight excluding hydrogens is 396 g/mol. The van der Waals surface area contributed by atoms with Gasteiger partial charge in [-0.3, -0.25) is 9.59 Å². The van der Waals surface area contributed by atoms with E-state index in [9.17, 15) is 14.4 Å². The summed E-state index contributed by atoms with van der Waals surface area (Å²) in [5, 5.41) is 0. The van der Waals surface area contributed by atoms with E-state index in [1.54, 1.807) is 17.9 Å². The fraction of sp³-hybridized carbons (Fsp3) is 0.458. The van der Waals surface area contributed by atoms with Crippen LogP contribution in [0.25, 0.3) is 0 Å². The van der Waals surface area contributed by atoms with Crippen molar-refractivity contribution in [2.75, 3.05) is 24.5 Å². The van der Waals surface area contributed by atoms with Gasteiger partial charge in [0.25, 0.3) is 0 Å². The number of amides is 2. The standard InChI is InChI=1S/C24H28N2O5/c1-15-4-5-19(10-16(15)2)26-14-18(12-22(26)27)24(29)25-8-6-20(7-9-25)31-21-11-17(3)30-23(28)13-21/h4-5,10-11,13,18,20H,6-9,12,14H2,1-3H3. The van der Waals surface area contributed by atoms with Gasteiger partial charge in [-0.1, -0.05) is 6.07 Å². The molecule has 1 aromatic heterocycles. The highest BCUT2D eigenvalue weighted by molar-refractivity contribution is 6.00. The number of nitrogens with zero attached hydrogens (tertiary/aromatic N) is 2.